The van der Waals surface area contributed by atoms with Gasteiger partial charge in [-0.15, -0.1) is 0 Å². The molecule has 1 N–H and O–H groups in total. The molecule has 1 fully saturated rings. The first-order valence-corrected chi connectivity index (χ1v) is 7.39. The van der Waals surface area contributed by atoms with E-state index in [1.54, 1.807) is 6.20 Å². The lowest BCUT2D eigenvalue weighted by Gasteiger charge is -2.32. The average Bonchev–Trinajstić information content (AvgIpc) is 3.08. The molecular weight excluding hydrogens is 264 g/mol. The van der Waals surface area contributed by atoms with Gasteiger partial charge in [-0.1, -0.05) is 30.3 Å². The molecule has 2 aromatic rings. The van der Waals surface area contributed by atoms with E-state index in [2.05, 4.69) is 10.4 Å². The third-order valence-electron chi connectivity index (χ3n) is 3.94. The van der Waals surface area contributed by atoms with Gasteiger partial charge in [0.05, 0.1) is 6.04 Å². The van der Waals surface area contributed by atoms with E-state index in [1.165, 1.54) is 0 Å². The molecule has 1 saturated heterocycles. The SMILES string of the molecule is O=C(NCc1ccccc1)N1CCC(n2cccn2)CC1. The number of carbonyl (C=O) groups is 1. The lowest BCUT2D eigenvalue weighted by molar-refractivity contribution is 0.168. The smallest absolute Gasteiger partial charge is 0.317 e. The maximum Gasteiger partial charge on any atom is 0.317 e. The van der Waals surface area contributed by atoms with E-state index in [4.69, 9.17) is 0 Å². The Morgan fingerprint density at radius 2 is 1.95 bits per heavy atom. The highest BCUT2D eigenvalue weighted by Crippen LogP contribution is 2.21. The Morgan fingerprint density at radius 3 is 2.62 bits per heavy atom. The molecule has 1 aliphatic rings. The maximum absolute atomic E-state index is 12.2. The van der Waals surface area contributed by atoms with Crippen LogP contribution in [0.1, 0.15) is 24.4 Å². The number of hydrogen-bond acceptors (Lipinski definition) is 2. The Bertz CT molecular complexity index is 559. The van der Waals surface area contributed by atoms with E-state index in [0.717, 1.165) is 31.5 Å². The van der Waals surface area contributed by atoms with Crippen LogP contribution < -0.4 is 5.32 Å². The van der Waals surface area contributed by atoms with Gasteiger partial charge in [0.1, 0.15) is 0 Å². The zero-order valence-electron chi connectivity index (χ0n) is 12.0. The van der Waals surface area contributed by atoms with Crippen molar-refractivity contribution in [3.8, 4) is 0 Å². The summed E-state index contributed by atoms with van der Waals surface area (Å²) in [5.41, 5.74) is 1.12. The fourth-order valence-electron chi connectivity index (χ4n) is 2.72. The number of carbonyl (C=O) groups excluding carboxylic acids is 1. The molecular formula is C16H20N4O. The van der Waals surface area contributed by atoms with Crippen molar-refractivity contribution in [3.63, 3.8) is 0 Å². The molecule has 5 nitrogen and oxygen atoms in total. The minimum Gasteiger partial charge on any atom is -0.334 e. The Kier molecular flexibility index (Phi) is 4.19. The number of nitrogens with one attached hydrogen (secondary N) is 1. The standard InChI is InChI=1S/C16H20N4O/c21-16(17-13-14-5-2-1-3-6-14)19-11-7-15(8-12-19)20-10-4-9-18-20/h1-6,9-10,15H,7-8,11-13H2,(H,17,21). The zero-order valence-corrected chi connectivity index (χ0v) is 12.0. The fourth-order valence-corrected chi connectivity index (χ4v) is 2.72. The van der Waals surface area contributed by atoms with Crippen molar-refractivity contribution in [1.29, 1.82) is 0 Å². The Balaban J connectivity index is 1.47. The highest BCUT2D eigenvalue weighted by Gasteiger charge is 2.23. The number of benzene rings is 1. The number of amides is 2. The molecule has 0 aliphatic carbocycles. The lowest BCUT2D eigenvalue weighted by atomic mass is 10.1. The molecule has 5 heteroatoms. The molecule has 0 bridgehead atoms. The van der Waals surface area contributed by atoms with E-state index < -0.39 is 0 Å². The predicted octanol–water partition coefficient (Wildman–Crippen LogP) is 2.43. The van der Waals surface area contributed by atoms with Crippen LogP contribution in [0.2, 0.25) is 0 Å². The van der Waals surface area contributed by atoms with Gasteiger partial charge in [-0.25, -0.2) is 4.79 Å². The van der Waals surface area contributed by atoms with Crippen molar-refractivity contribution in [2.75, 3.05) is 13.1 Å². The second-order valence-corrected chi connectivity index (χ2v) is 5.35. The van der Waals surface area contributed by atoms with Crippen LogP contribution in [0.25, 0.3) is 0 Å². The lowest BCUT2D eigenvalue weighted by Crippen LogP contribution is -2.44. The summed E-state index contributed by atoms with van der Waals surface area (Å²) in [5, 5.41) is 7.27. The maximum atomic E-state index is 12.2. The normalized spacial score (nSPS) is 15.9. The number of piperidine rings is 1. The van der Waals surface area contributed by atoms with Crippen LogP contribution in [-0.2, 0) is 6.54 Å². The number of likely N-dealkylation sites (tertiary alicyclic amines) is 1. The highest BCUT2D eigenvalue weighted by atomic mass is 16.2. The van der Waals surface area contributed by atoms with Gasteiger partial charge in [-0.05, 0) is 24.5 Å². The predicted molar refractivity (Wildman–Crippen MR) is 80.7 cm³/mol. The number of hydrogen-bond donors (Lipinski definition) is 1. The van der Waals surface area contributed by atoms with E-state index >= 15 is 0 Å². The molecule has 0 saturated carbocycles. The van der Waals surface area contributed by atoms with E-state index in [-0.39, 0.29) is 6.03 Å². The van der Waals surface area contributed by atoms with Gasteiger partial charge in [-0.3, -0.25) is 4.68 Å². The molecule has 1 aromatic heterocycles. The molecule has 3 rings (SSSR count). The van der Waals surface area contributed by atoms with Crippen molar-refractivity contribution in [3.05, 3.63) is 54.4 Å². The molecule has 0 spiro atoms. The second kappa shape index (κ2) is 6.43. The van der Waals surface area contributed by atoms with E-state index in [0.29, 0.717) is 12.6 Å². The molecule has 1 aromatic carbocycles. The number of rotatable bonds is 3. The van der Waals surface area contributed by atoms with Gasteiger partial charge in [0.2, 0.25) is 0 Å². The summed E-state index contributed by atoms with van der Waals surface area (Å²) in [4.78, 5) is 14.0. The molecule has 0 radical (unpaired) electrons. The first-order chi connectivity index (χ1) is 10.3. The summed E-state index contributed by atoms with van der Waals surface area (Å²) in [7, 11) is 0. The quantitative estimate of drug-likeness (QED) is 0.941. The minimum absolute atomic E-state index is 0.0257. The zero-order chi connectivity index (χ0) is 14.5. The van der Waals surface area contributed by atoms with Gasteiger partial charge in [-0.2, -0.15) is 5.10 Å². The van der Waals surface area contributed by atoms with Gasteiger partial charge in [0.25, 0.3) is 0 Å². The van der Waals surface area contributed by atoms with Crippen LogP contribution in [0, 0.1) is 0 Å². The molecule has 110 valence electrons. The molecule has 0 unspecified atom stereocenters. The van der Waals surface area contributed by atoms with Crippen molar-refractivity contribution in [1.82, 2.24) is 20.0 Å². The third kappa shape index (κ3) is 3.42. The molecule has 21 heavy (non-hydrogen) atoms. The summed E-state index contributed by atoms with van der Waals surface area (Å²) in [5.74, 6) is 0. The van der Waals surface area contributed by atoms with Crippen molar-refractivity contribution in [2.24, 2.45) is 0 Å². The van der Waals surface area contributed by atoms with Gasteiger partial charge >= 0.3 is 6.03 Å². The largest absolute Gasteiger partial charge is 0.334 e. The van der Waals surface area contributed by atoms with E-state index in [9.17, 15) is 4.79 Å². The number of aromatic nitrogens is 2. The van der Waals surface area contributed by atoms with Crippen LogP contribution >= 0.6 is 0 Å². The number of urea groups is 1. The highest BCUT2D eigenvalue weighted by molar-refractivity contribution is 5.74. The average molecular weight is 284 g/mol. The van der Waals surface area contributed by atoms with E-state index in [1.807, 2.05) is 52.2 Å². The topological polar surface area (TPSA) is 50.2 Å². The fraction of sp³-hybridized carbons (Fsp3) is 0.375. The first-order valence-electron chi connectivity index (χ1n) is 7.39. The van der Waals surface area contributed by atoms with Crippen LogP contribution in [0.15, 0.2) is 48.8 Å². The third-order valence-corrected chi connectivity index (χ3v) is 3.94. The molecule has 1 aliphatic heterocycles. The first kappa shape index (κ1) is 13.7. The van der Waals surface area contributed by atoms with Crippen LogP contribution in [0.4, 0.5) is 4.79 Å². The van der Waals surface area contributed by atoms with Crippen molar-refractivity contribution >= 4 is 6.03 Å². The Labute approximate surface area is 124 Å². The Morgan fingerprint density at radius 1 is 1.19 bits per heavy atom. The summed E-state index contributed by atoms with van der Waals surface area (Å²) in [6, 6.07) is 12.4. The van der Waals surface area contributed by atoms with Crippen molar-refractivity contribution in [2.45, 2.75) is 25.4 Å². The van der Waals surface area contributed by atoms with Gasteiger partial charge in [0.15, 0.2) is 0 Å². The van der Waals surface area contributed by atoms with Crippen molar-refractivity contribution < 1.29 is 4.79 Å². The summed E-state index contributed by atoms with van der Waals surface area (Å²) in [6.45, 7) is 2.15. The van der Waals surface area contributed by atoms with Crippen LogP contribution in [0.5, 0.6) is 0 Å². The van der Waals surface area contributed by atoms with Crippen LogP contribution in [-0.4, -0.2) is 33.8 Å². The molecule has 2 amide bonds. The second-order valence-electron chi connectivity index (χ2n) is 5.35. The monoisotopic (exact) mass is 284 g/mol. The Hall–Kier alpha value is -2.30. The summed E-state index contributed by atoms with van der Waals surface area (Å²) >= 11 is 0. The molecule has 2 heterocycles. The number of nitrogens with zero attached hydrogens (tertiary/aromatic N) is 3. The minimum atomic E-state index is 0.0257. The van der Waals surface area contributed by atoms with Gasteiger partial charge < -0.3 is 10.2 Å². The molecule has 0 atom stereocenters. The van der Waals surface area contributed by atoms with Crippen LogP contribution in [0.3, 0.4) is 0 Å². The summed E-state index contributed by atoms with van der Waals surface area (Å²) < 4.78 is 2.00. The van der Waals surface area contributed by atoms with Gasteiger partial charge in [0, 0.05) is 32.0 Å². The summed E-state index contributed by atoms with van der Waals surface area (Å²) in [6.07, 6.45) is 5.72.